The Kier molecular flexibility index (Phi) is 5.62. The van der Waals surface area contributed by atoms with E-state index in [1.54, 1.807) is 17.6 Å². The third-order valence-corrected chi connectivity index (χ3v) is 8.12. The second-order valence-corrected chi connectivity index (χ2v) is 11.4. The van der Waals surface area contributed by atoms with E-state index in [0.717, 1.165) is 22.5 Å². The Morgan fingerprint density at radius 3 is 2.53 bits per heavy atom. The molecule has 1 aliphatic heterocycles. The maximum atomic E-state index is 13.4. The Morgan fingerprint density at radius 1 is 1.11 bits per heavy atom. The summed E-state index contributed by atoms with van der Waals surface area (Å²) in [6, 6.07) is 11.8. The predicted octanol–water partition coefficient (Wildman–Crippen LogP) is 4.81. The van der Waals surface area contributed by atoms with Crippen LogP contribution < -0.4 is 10.5 Å². The number of halogens is 1. The molecule has 1 amide bonds. The van der Waals surface area contributed by atoms with Gasteiger partial charge in [-0.2, -0.15) is 4.37 Å². The third-order valence-electron chi connectivity index (χ3n) is 6.76. The number of hydrogen-bond donors (Lipinski definition) is 1. The van der Waals surface area contributed by atoms with Gasteiger partial charge in [0.05, 0.1) is 11.2 Å². The SMILES string of the molecule is CC(C)(N)c1cc(O[C@@H]2[C@@H]3CN(C(=O)c4cc(-c5cscn5)ns4)C[C@@H]32)nc(-c2ccc(F)cc2)c1. The fourth-order valence-electron chi connectivity index (χ4n) is 4.65. The van der Waals surface area contributed by atoms with Crippen molar-refractivity contribution in [3.8, 4) is 28.5 Å². The molecule has 1 saturated carbocycles. The standard InChI is InChI=1S/C26H24FN5O2S2/c1-26(2,28)15-7-19(14-3-5-16(27)6-4-14)30-23(8-15)34-24-17-10-32(11-18(17)24)25(33)22-9-20(31-36-22)21-12-35-13-29-21/h3-9,12-13,17-18,24H,10-11,28H2,1-2H3/t17-,18+,24-. The monoisotopic (exact) mass is 521 g/mol. The van der Waals surface area contributed by atoms with Gasteiger partial charge in [0.1, 0.15) is 28.2 Å². The van der Waals surface area contributed by atoms with Crippen molar-refractivity contribution in [3.63, 3.8) is 0 Å². The Hall–Kier alpha value is -3.21. The Balaban J connectivity index is 1.15. The van der Waals surface area contributed by atoms with Crippen molar-refractivity contribution in [2.24, 2.45) is 17.6 Å². The van der Waals surface area contributed by atoms with E-state index in [0.29, 0.717) is 29.5 Å². The third kappa shape index (κ3) is 4.40. The molecule has 36 heavy (non-hydrogen) atoms. The zero-order valence-electron chi connectivity index (χ0n) is 19.7. The number of thiazole rings is 1. The van der Waals surface area contributed by atoms with Crippen LogP contribution in [0.3, 0.4) is 0 Å². The van der Waals surface area contributed by atoms with Gasteiger partial charge in [-0.05, 0) is 67.3 Å². The molecule has 0 radical (unpaired) electrons. The molecule has 10 heteroatoms. The number of benzene rings is 1. The summed E-state index contributed by atoms with van der Waals surface area (Å²) < 4.78 is 24.1. The number of amides is 1. The molecule has 2 fully saturated rings. The summed E-state index contributed by atoms with van der Waals surface area (Å²) in [4.78, 5) is 24.5. The zero-order valence-corrected chi connectivity index (χ0v) is 21.4. The molecule has 3 aromatic heterocycles. The number of nitrogens with zero attached hydrogens (tertiary/aromatic N) is 4. The minimum absolute atomic E-state index is 0.00327. The molecular weight excluding hydrogens is 497 g/mol. The molecule has 6 rings (SSSR count). The van der Waals surface area contributed by atoms with Crippen LogP contribution >= 0.6 is 22.9 Å². The van der Waals surface area contributed by atoms with Crippen LogP contribution in [0.25, 0.3) is 22.6 Å². The fourth-order valence-corrected chi connectivity index (χ4v) is 5.91. The number of ether oxygens (including phenoxy) is 1. The van der Waals surface area contributed by atoms with E-state index >= 15 is 0 Å². The molecule has 184 valence electrons. The number of piperidine rings is 1. The lowest BCUT2D eigenvalue weighted by Gasteiger charge is -2.22. The fraction of sp³-hybridized carbons (Fsp3) is 0.308. The summed E-state index contributed by atoms with van der Waals surface area (Å²) >= 11 is 2.72. The maximum Gasteiger partial charge on any atom is 0.265 e. The number of likely N-dealkylation sites (tertiary alicyclic amines) is 1. The molecule has 0 unspecified atom stereocenters. The highest BCUT2D eigenvalue weighted by atomic mass is 32.1. The lowest BCUT2D eigenvalue weighted by molar-refractivity contribution is 0.0756. The van der Waals surface area contributed by atoms with E-state index in [-0.39, 0.29) is 29.7 Å². The lowest BCUT2D eigenvalue weighted by Crippen LogP contribution is -2.33. The van der Waals surface area contributed by atoms with Crippen LogP contribution in [0.4, 0.5) is 4.39 Å². The summed E-state index contributed by atoms with van der Waals surface area (Å²) in [6.07, 6.45) is 0.00535. The van der Waals surface area contributed by atoms with Crippen LogP contribution in [0.2, 0.25) is 0 Å². The van der Waals surface area contributed by atoms with Crippen molar-refractivity contribution in [2.75, 3.05) is 13.1 Å². The van der Waals surface area contributed by atoms with E-state index in [4.69, 9.17) is 15.5 Å². The van der Waals surface area contributed by atoms with Gasteiger partial charge >= 0.3 is 0 Å². The molecular formula is C26H24FN5O2S2. The summed E-state index contributed by atoms with van der Waals surface area (Å²) in [5.74, 6) is 0.741. The topological polar surface area (TPSA) is 94.2 Å². The van der Waals surface area contributed by atoms with Gasteiger partial charge in [-0.15, -0.1) is 11.3 Å². The van der Waals surface area contributed by atoms with Crippen molar-refractivity contribution >= 4 is 28.8 Å². The molecule has 7 nitrogen and oxygen atoms in total. The first kappa shape index (κ1) is 23.2. The number of nitrogens with two attached hydrogens (primary N) is 1. The van der Waals surface area contributed by atoms with Crippen LogP contribution in [-0.2, 0) is 5.54 Å². The average Bonchev–Trinajstić information content (AvgIpc) is 3.41. The van der Waals surface area contributed by atoms with Gasteiger partial charge in [0.2, 0.25) is 5.88 Å². The van der Waals surface area contributed by atoms with Crippen molar-refractivity contribution in [2.45, 2.75) is 25.5 Å². The Labute approximate surface area is 215 Å². The first-order valence-electron chi connectivity index (χ1n) is 11.6. The molecule has 1 aromatic carbocycles. The van der Waals surface area contributed by atoms with Gasteiger partial charge in [0.25, 0.3) is 5.91 Å². The highest BCUT2D eigenvalue weighted by Gasteiger charge is 2.59. The van der Waals surface area contributed by atoms with Crippen LogP contribution in [-0.4, -0.2) is 44.3 Å². The number of hydrogen-bond acceptors (Lipinski definition) is 8. The Morgan fingerprint density at radius 2 is 1.86 bits per heavy atom. The molecule has 4 heterocycles. The van der Waals surface area contributed by atoms with Crippen molar-refractivity contribution in [1.29, 1.82) is 0 Å². The first-order valence-corrected chi connectivity index (χ1v) is 13.4. The van der Waals surface area contributed by atoms with Gasteiger partial charge in [0.15, 0.2) is 0 Å². The highest BCUT2D eigenvalue weighted by Crippen LogP contribution is 2.48. The average molecular weight is 522 g/mol. The van der Waals surface area contributed by atoms with Crippen LogP contribution in [0.5, 0.6) is 5.88 Å². The van der Waals surface area contributed by atoms with Gasteiger partial charge in [-0.3, -0.25) is 4.79 Å². The molecule has 0 spiro atoms. The number of pyridine rings is 1. The highest BCUT2D eigenvalue weighted by molar-refractivity contribution is 7.08. The minimum atomic E-state index is -0.593. The van der Waals surface area contributed by atoms with Gasteiger partial charge in [-0.25, -0.2) is 14.4 Å². The number of aromatic nitrogens is 3. The molecule has 4 aromatic rings. The summed E-state index contributed by atoms with van der Waals surface area (Å²) in [5, 5.41) is 1.92. The smallest absolute Gasteiger partial charge is 0.265 e. The minimum Gasteiger partial charge on any atom is -0.474 e. The Bertz CT molecular complexity index is 1400. The summed E-state index contributed by atoms with van der Waals surface area (Å²) in [7, 11) is 0. The van der Waals surface area contributed by atoms with E-state index in [2.05, 4.69) is 9.36 Å². The van der Waals surface area contributed by atoms with Gasteiger partial charge < -0.3 is 15.4 Å². The number of carbonyl (C=O) groups is 1. The lowest BCUT2D eigenvalue weighted by atomic mass is 9.95. The molecule has 2 N–H and O–H groups in total. The van der Waals surface area contributed by atoms with E-state index in [9.17, 15) is 9.18 Å². The normalized spacial score (nSPS) is 20.9. The van der Waals surface area contributed by atoms with Crippen LogP contribution in [0, 0.1) is 17.7 Å². The van der Waals surface area contributed by atoms with E-state index in [1.807, 2.05) is 42.3 Å². The number of rotatable bonds is 6. The van der Waals surface area contributed by atoms with Crippen molar-refractivity contribution in [3.05, 3.63) is 69.6 Å². The summed E-state index contributed by atoms with van der Waals surface area (Å²) in [6.45, 7) is 5.14. The molecule has 2 aliphatic rings. The first-order chi connectivity index (χ1) is 17.3. The van der Waals surface area contributed by atoms with E-state index in [1.165, 1.54) is 35.0 Å². The maximum absolute atomic E-state index is 13.4. The van der Waals surface area contributed by atoms with Crippen molar-refractivity contribution < 1.29 is 13.9 Å². The summed E-state index contributed by atoms with van der Waals surface area (Å²) in [5.41, 5.74) is 11.4. The second-order valence-electron chi connectivity index (χ2n) is 9.88. The van der Waals surface area contributed by atoms with Crippen LogP contribution in [0.15, 0.2) is 53.4 Å². The largest absolute Gasteiger partial charge is 0.474 e. The van der Waals surface area contributed by atoms with E-state index < -0.39 is 5.54 Å². The molecule has 1 saturated heterocycles. The van der Waals surface area contributed by atoms with Crippen molar-refractivity contribution in [1.82, 2.24) is 19.2 Å². The van der Waals surface area contributed by atoms with Gasteiger partial charge in [-0.1, -0.05) is 0 Å². The van der Waals surface area contributed by atoms with Crippen LogP contribution in [0.1, 0.15) is 29.1 Å². The molecule has 1 aliphatic carbocycles. The van der Waals surface area contributed by atoms with Gasteiger partial charge in [0, 0.05) is 47.5 Å². The quantitative estimate of drug-likeness (QED) is 0.391. The molecule has 3 atom stereocenters. The molecule has 0 bridgehead atoms. The number of carbonyl (C=O) groups excluding carboxylic acids is 1. The predicted molar refractivity (Wildman–Crippen MR) is 137 cm³/mol. The number of fused-ring (bicyclic) bond motifs is 1. The second kappa shape index (κ2) is 8.72. The zero-order chi connectivity index (χ0) is 25.0.